The van der Waals surface area contributed by atoms with Crippen LogP contribution in [0.25, 0.3) is 11.5 Å². The van der Waals surface area contributed by atoms with Crippen LogP contribution in [0.3, 0.4) is 0 Å². The number of amides is 1. The molecule has 0 saturated carbocycles. The van der Waals surface area contributed by atoms with Crippen LogP contribution in [-0.2, 0) is 4.79 Å². The van der Waals surface area contributed by atoms with E-state index in [1.165, 1.54) is 0 Å². The topological polar surface area (TPSA) is 59.2 Å². The fourth-order valence-corrected chi connectivity index (χ4v) is 3.20. The normalized spacial score (nSPS) is 19.2. The zero-order valence-corrected chi connectivity index (χ0v) is 13.3. The molecule has 3 rings (SSSR count). The third-order valence-electron chi connectivity index (χ3n) is 3.65. The third kappa shape index (κ3) is 2.72. The second-order valence-electron chi connectivity index (χ2n) is 6.36. The largest absolute Gasteiger partial charge is 0.418 e. The smallest absolute Gasteiger partial charge is 0.248 e. The van der Waals surface area contributed by atoms with Crippen LogP contribution >= 0.6 is 11.3 Å². The molecule has 1 amide bonds. The molecule has 0 radical (unpaired) electrons. The third-order valence-corrected chi connectivity index (χ3v) is 4.33. The molecule has 2 aromatic rings. The molecule has 112 valence electrons. The van der Waals surface area contributed by atoms with Gasteiger partial charge < -0.3 is 9.32 Å². The predicted molar refractivity (Wildman–Crippen MR) is 80.8 cm³/mol. The number of aromatic nitrogens is 2. The van der Waals surface area contributed by atoms with Gasteiger partial charge in [-0.1, -0.05) is 20.8 Å². The molecule has 21 heavy (non-hydrogen) atoms. The van der Waals surface area contributed by atoms with Crippen LogP contribution in [0.1, 0.15) is 45.5 Å². The van der Waals surface area contributed by atoms with Gasteiger partial charge in [-0.3, -0.25) is 4.79 Å². The Morgan fingerprint density at radius 2 is 2.24 bits per heavy atom. The molecule has 3 heterocycles. The summed E-state index contributed by atoms with van der Waals surface area (Å²) in [4.78, 5) is 14.4. The first-order valence-electron chi connectivity index (χ1n) is 7.14. The highest BCUT2D eigenvalue weighted by molar-refractivity contribution is 7.08. The van der Waals surface area contributed by atoms with Gasteiger partial charge >= 0.3 is 0 Å². The highest BCUT2D eigenvalue weighted by Gasteiger charge is 2.38. The average molecular weight is 305 g/mol. The lowest BCUT2D eigenvalue weighted by Gasteiger charge is -2.29. The molecule has 1 fully saturated rings. The molecule has 0 aromatic carbocycles. The van der Waals surface area contributed by atoms with Crippen molar-refractivity contribution in [3.05, 3.63) is 22.7 Å². The number of carbonyl (C=O) groups is 1. The first kappa shape index (κ1) is 14.3. The van der Waals surface area contributed by atoms with Gasteiger partial charge in [-0.05, 0) is 24.3 Å². The fraction of sp³-hybridized carbons (Fsp3) is 0.533. The number of rotatable bonds is 2. The summed E-state index contributed by atoms with van der Waals surface area (Å²) >= 11 is 1.59. The Balaban J connectivity index is 1.84. The van der Waals surface area contributed by atoms with Crippen LogP contribution in [0.15, 0.2) is 21.2 Å². The molecule has 6 heteroatoms. The predicted octanol–water partition coefficient (Wildman–Crippen LogP) is 3.51. The van der Waals surface area contributed by atoms with Crippen molar-refractivity contribution >= 4 is 17.2 Å². The van der Waals surface area contributed by atoms with Crippen LogP contribution < -0.4 is 0 Å². The summed E-state index contributed by atoms with van der Waals surface area (Å²) in [6, 6.07) is 1.87. The van der Waals surface area contributed by atoms with Crippen molar-refractivity contribution in [1.82, 2.24) is 15.1 Å². The summed E-state index contributed by atoms with van der Waals surface area (Å²) in [6.45, 7) is 6.58. The average Bonchev–Trinajstić information content (AvgIpc) is 3.16. The van der Waals surface area contributed by atoms with E-state index in [-0.39, 0.29) is 11.9 Å². The Bertz CT molecular complexity index is 628. The van der Waals surface area contributed by atoms with Crippen molar-refractivity contribution in [2.75, 3.05) is 6.54 Å². The first-order valence-corrected chi connectivity index (χ1v) is 8.08. The molecule has 1 unspecified atom stereocenters. The molecule has 1 saturated heterocycles. The van der Waals surface area contributed by atoms with E-state index in [4.69, 9.17) is 4.42 Å². The number of hydrogen-bond acceptors (Lipinski definition) is 5. The summed E-state index contributed by atoms with van der Waals surface area (Å²) in [5.74, 6) is 1.22. The highest BCUT2D eigenvalue weighted by Crippen LogP contribution is 2.35. The Morgan fingerprint density at radius 1 is 1.43 bits per heavy atom. The van der Waals surface area contributed by atoms with E-state index >= 15 is 0 Å². The quantitative estimate of drug-likeness (QED) is 0.852. The Morgan fingerprint density at radius 3 is 2.90 bits per heavy atom. The number of carbonyl (C=O) groups excluding carboxylic acids is 1. The summed E-state index contributed by atoms with van der Waals surface area (Å²) in [5, 5.41) is 12.2. The van der Waals surface area contributed by atoms with Gasteiger partial charge in [0.05, 0.1) is 0 Å². The van der Waals surface area contributed by atoms with E-state index in [2.05, 4.69) is 10.2 Å². The highest BCUT2D eigenvalue weighted by atomic mass is 32.1. The van der Waals surface area contributed by atoms with Gasteiger partial charge in [-0.15, -0.1) is 10.2 Å². The molecular formula is C15H19N3O2S. The van der Waals surface area contributed by atoms with E-state index in [0.29, 0.717) is 11.8 Å². The van der Waals surface area contributed by atoms with Crippen LogP contribution in [0.4, 0.5) is 0 Å². The van der Waals surface area contributed by atoms with Crippen molar-refractivity contribution in [1.29, 1.82) is 0 Å². The zero-order chi connectivity index (χ0) is 15.0. The van der Waals surface area contributed by atoms with Crippen molar-refractivity contribution < 1.29 is 9.21 Å². The molecule has 0 aliphatic carbocycles. The molecule has 0 bridgehead atoms. The number of thiophene rings is 1. The van der Waals surface area contributed by atoms with Gasteiger partial charge in [0.25, 0.3) is 0 Å². The van der Waals surface area contributed by atoms with E-state index < -0.39 is 5.41 Å². The number of likely N-dealkylation sites (tertiary alicyclic amines) is 1. The maximum absolute atomic E-state index is 12.5. The van der Waals surface area contributed by atoms with E-state index in [0.717, 1.165) is 24.9 Å². The van der Waals surface area contributed by atoms with Gasteiger partial charge in [0.1, 0.15) is 6.04 Å². The summed E-state index contributed by atoms with van der Waals surface area (Å²) in [7, 11) is 0. The summed E-state index contributed by atoms with van der Waals surface area (Å²) in [6.07, 6.45) is 1.86. The molecule has 2 aromatic heterocycles. The Hall–Kier alpha value is -1.69. The molecular weight excluding hydrogens is 286 g/mol. The lowest BCUT2D eigenvalue weighted by molar-refractivity contribution is -0.140. The van der Waals surface area contributed by atoms with Crippen molar-refractivity contribution in [3.8, 4) is 11.5 Å². The molecule has 1 atom stereocenters. The van der Waals surface area contributed by atoms with Gasteiger partial charge in [-0.25, -0.2) is 0 Å². The van der Waals surface area contributed by atoms with Crippen LogP contribution in [0, 0.1) is 5.41 Å². The zero-order valence-electron chi connectivity index (χ0n) is 12.5. The van der Waals surface area contributed by atoms with Crippen molar-refractivity contribution in [3.63, 3.8) is 0 Å². The maximum atomic E-state index is 12.5. The molecule has 5 nitrogen and oxygen atoms in total. The van der Waals surface area contributed by atoms with Gasteiger partial charge in [0.15, 0.2) is 0 Å². The summed E-state index contributed by atoms with van der Waals surface area (Å²) < 4.78 is 5.80. The van der Waals surface area contributed by atoms with Gasteiger partial charge in [0, 0.05) is 22.9 Å². The lowest BCUT2D eigenvalue weighted by Crippen LogP contribution is -2.39. The number of hydrogen-bond donors (Lipinski definition) is 0. The van der Waals surface area contributed by atoms with E-state index in [1.54, 1.807) is 11.3 Å². The molecule has 0 spiro atoms. The molecule has 0 N–H and O–H groups in total. The van der Waals surface area contributed by atoms with Gasteiger partial charge in [0.2, 0.25) is 17.7 Å². The fourth-order valence-electron chi connectivity index (χ4n) is 2.57. The Kier molecular flexibility index (Phi) is 3.57. The molecule has 1 aliphatic heterocycles. The minimum atomic E-state index is -0.390. The monoisotopic (exact) mass is 305 g/mol. The molecule has 1 aliphatic rings. The number of nitrogens with zero attached hydrogens (tertiary/aromatic N) is 3. The second kappa shape index (κ2) is 5.26. The SMILES string of the molecule is CC(C)(C)C(=O)N1CCCC1c1nnc(-c2ccsc2)o1. The maximum Gasteiger partial charge on any atom is 0.248 e. The summed E-state index contributed by atoms with van der Waals surface area (Å²) in [5.41, 5.74) is 0.546. The lowest BCUT2D eigenvalue weighted by atomic mass is 9.94. The minimum Gasteiger partial charge on any atom is -0.418 e. The standard InChI is InChI=1S/C15H19N3O2S/c1-15(2,3)14(19)18-7-4-5-11(18)13-17-16-12(20-13)10-6-8-21-9-10/h6,8-9,11H,4-5,7H2,1-3H3. The van der Waals surface area contributed by atoms with Crippen LogP contribution in [0.2, 0.25) is 0 Å². The van der Waals surface area contributed by atoms with Crippen molar-refractivity contribution in [2.24, 2.45) is 5.41 Å². The first-order chi connectivity index (χ1) is 9.97. The van der Waals surface area contributed by atoms with Crippen LogP contribution in [-0.4, -0.2) is 27.5 Å². The van der Waals surface area contributed by atoms with E-state index in [1.807, 2.05) is 42.5 Å². The van der Waals surface area contributed by atoms with Gasteiger partial charge in [-0.2, -0.15) is 11.3 Å². The van der Waals surface area contributed by atoms with Crippen LogP contribution in [0.5, 0.6) is 0 Å². The Labute approximate surface area is 128 Å². The second-order valence-corrected chi connectivity index (χ2v) is 7.14. The van der Waals surface area contributed by atoms with E-state index in [9.17, 15) is 4.79 Å². The van der Waals surface area contributed by atoms with Crippen molar-refractivity contribution in [2.45, 2.75) is 39.7 Å². The minimum absolute atomic E-state index is 0.0865.